The van der Waals surface area contributed by atoms with Gasteiger partial charge in [-0.3, -0.25) is 0 Å². The van der Waals surface area contributed by atoms with Crippen molar-refractivity contribution < 1.29 is 9.84 Å². The first-order valence-corrected chi connectivity index (χ1v) is 5.87. The number of rotatable bonds is 4. The van der Waals surface area contributed by atoms with Crippen molar-refractivity contribution in [1.82, 2.24) is 0 Å². The topological polar surface area (TPSA) is 29.5 Å². The number of aromatic hydroxyl groups is 1. The largest absolute Gasteiger partial charge is 0.504 e. The van der Waals surface area contributed by atoms with Gasteiger partial charge in [-0.2, -0.15) is 0 Å². The van der Waals surface area contributed by atoms with Crippen molar-refractivity contribution in [2.75, 3.05) is 0 Å². The average Bonchev–Trinajstić information content (AvgIpc) is 2.39. The summed E-state index contributed by atoms with van der Waals surface area (Å²) in [6, 6.07) is 14.9. The molecule has 0 spiro atoms. The summed E-state index contributed by atoms with van der Waals surface area (Å²) < 4.78 is 5.56. The first-order valence-electron chi connectivity index (χ1n) is 5.34. The number of hydrogen-bond acceptors (Lipinski definition) is 2. The lowest BCUT2D eigenvalue weighted by atomic mass is 10.2. The Morgan fingerprint density at radius 2 is 1.76 bits per heavy atom. The van der Waals surface area contributed by atoms with Gasteiger partial charge in [0.25, 0.3) is 0 Å². The summed E-state index contributed by atoms with van der Waals surface area (Å²) in [6.45, 7) is 0.431. The molecule has 0 bridgehead atoms. The maximum atomic E-state index is 9.64. The van der Waals surface area contributed by atoms with Crippen LogP contribution in [0, 0.1) is 0 Å². The third-order valence-corrected chi connectivity index (χ3v) is 2.72. The highest BCUT2D eigenvalue weighted by molar-refractivity contribution is 6.17. The zero-order valence-electron chi connectivity index (χ0n) is 9.27. The molecule has 0 aliphatic carbocycles. The normalized spacial score (nSPS) is 10.2. The van der Waals surface area contributed by atoms with Gasteiger partial charge in [0, 0.05) is 5.88 Å². The molecule has 3 heteroatoms. The zero-order chi connectivity index (χ0) is 12.1. The predicted octanol–water partition coefficient (Wildman–Crippen LogP) is 3.71. The number of ether oxygens (including phenoxy) is 1. The Hall–Kier alpha value is -1.67. The van der Waals surface area contributed by atoms with Gasteiger partial charge in [-0.05, 0) is 23.3 Å². The molecule has 0 unspecified atom stereocenters. The van der Waals surface area contributed by atoms with Gasteiger partial charge in [0.15, 0.2) is 11.5 Å². The maximum absolute atomic E-state index is 9.64. The van der Waals surface area contributed by atoms with E-state index in [9.17, 15) is 5.11 Å². The van der Waals surface area contributed by atoms with E-state index in [4.69, 9.17) is 16.3 Å². The minimum atomic E-state index is 0.134. The van der Waals surface area contributed by atoms with E-state index in [1.807, 2.05) is 30.3 Å². The van der Waals surface area contributed by atoms with Crippen molar-refractivity contribution in [3.05, 3.63) is 59.7 Å². The van der Waals surface area contributed by atoms with Crippen molar-refractivity contribution in [2.24, 2.45) is 0 Å². The quantitative estimate of drug-likeness (QED) is 0.836. The summed E-state index contributed by atoms with van der Waals surface area (Å²) in [6.07, 6.45) is 0. The van der Waals surface area contributed by atoms with Gasteiger partial charge < -0.3 is 9.84 Å². The number of phenols is 1. The van der Waals surface area contributed by atoms with Crippen molar-refractivity contribution in [3.63, 3.8) is 0 Å². The van der Waals surface area contributed by atoms with Crippen LogP contribution in [-0.2, 0) is 12.5 Å². The smallest absolute Gasteiger partial charge is 0.161 e. The third kappa shape index (κ3) is 3.14. The molecule has 0 radical (unpaired) electrons. The van der Waals surface area contributed by atoms with Crippen LogP contribution in [0.5, 0.6) is 11.5 Å². The van der Waals surface area contributed by atoms with Crippen LogP contribution in [0.1, 0.15) is 11.1 Å². The summed E-state index contributed by atoms with van der Waals surface area (Å²) in [7, 11) is 0. The third-order valence-electron chi connectivity index (χ3n) is 2.42. The Kier molecular flexibility index (Phi) is 3.89. The van der Waals surface area contributed by atoms with Gasteiger partial charge in [0.1, 0.15) is 6.61 Å². The fourth-order valence-electron chi connectivity index (χ4n) is 1.49. The second-order valence-electron chi connectivity index (χ2n) is 3.71. The van der Waals surface area contributed by atoms with Crippen LogP contribution in [0.15, 0.2) is 48.5 Å². The highest BCUT2D eigenvalue weighted by Crippen LogP contribution is 2.28. The van der Waals surface area contributed by atoms with Crippen LogP contribution in [0.25, 0.3) is 0 Å². The molecule has 0 amide bonds. The lowest BCUT2D eigenvalue weighted by Crippen LogP contribution is -1.95. The minimum Gasteiger partial charge on any atom is -0.504 e. The first kappa shape index (κ1) is 11.8. The fraction of sp³-hybridized carbons (Fsp3) is 0.143. The van der Waals surface area contributed by atoms with Crippen LogP contribution >= 0.6 is 11.6 Å². The lowest BCUT2D eigenvalue weighted by Gasteiger charge is -2.09. The van der Waals surface area contributed by atoms with Gasteiger partial charge in [-0.1, -0.05) is 36.4 Å². The average molecular weight is 249 g/mol. The lowest BCUT2D eigenvalue weighted by molar-refractivity contribution is 0.289. The molecule has 0 aliphatic rings. The summed E-state index contributed by atoms with van der Waals surface area (Å²) in [4.78, 5) is 0. The molecule has 2 nitrogen and oxygen atoms in total. The van der Waals surface area contributed by atoms with E-state index in [-0.39, 0.29) is 5.75 Å². The molecular weight excluding hydrogens is 236 g/mol. The zero-order valence-corrected chi connectivity index (χ0v) is 10.0. The van der Waals surface area contributed by atoms with Gasteiger partial charge >= 0.3 is 0 Å². The molecule has 0 aromatic heterocycles. The fourth-order valence-corrected chi connectivity index (χ4v) is 1.66. The van der Waals surface area contributed by atoms with Crippen LogP contribution in [0.3, 0.4) is 0 Å². The number of halogens is 1. The van der Waals surface area contributed by atoms with Gasteiger partial charge in [-0.15, -0.1) is 11.6 Å². The van der Waals surface area contributed by atoms with E-state index in [0.29, 0.717) is 18.2 Å². The highest BCUT2D eigenvalue weighted by Gasteiger charge is 2.04. The predicted molar refractivity (Wildman–Crippen MR) is 68.4 cm³/mol. The molecule has 1 N–H and O–H groups in total. The summed E-state index contributed by atoms with van der Waals surface area (Å²) in [5.74, 6) is 1.00. The SMILES string of the molecule is Oc1ccc(CCl)cc1OCc1ccccc1. The van der Waals surface area contributed by atoms with Crippen molar-refractivity contribution in [2.45, 2.75) is 12.5 Å². The summed E-state index contributed by atoms with van der Waals surface area (Å²) >= 11 is 5.73. The molecule has 2 aromatic carbocycles. The molecule has 2 rings (SSSR count). The standard InChI is InChI=1S/C14H13ClO2/c15-9-12-6-7-13(16)14(8-12)17-10-11-4-2-1-3-5-11/h1-8,16H,9-10H2. The first-order chi connectivity index (χ1) is 8.29. The molecule has 0 saturated carbocycles. The van der Waals surface area contributed by atoms with E-state index in [0.717, 1.165) is 11.1 Å². The van der Waals surface area contributed by atoms with Crippen LogP contribution < -0.4 is 4.74 Å². The van der Waals surface area contributed by atoms with Crippen molar-refractivity contribution in [3.8, 4) is 11.5 Å². The van der Waals surface area contributed by atoms with E-state index in [1.54, 1.807) is 18.2 Å². The Labute approximate surface area is 105 Å². The second kappa shape index (κ2) is 5.60. The molecule has 0 saturated heterocycles. The Bertz CT molecular complexity index is 483. The Balaban J connectivity index is 2.08. The van der Waals surface area contributed by atoms with Crippen LogP contribution in [-0.4, -0.2) is 5.11 Å². The second-order valence-corrected chi connectivity index (χ2v) is 3.98. The molecule has 2 aromatic rings. The monoisotopic (exact) mass is 248 g/mol. The molecule has 17 heavy (non-hydrogen) atoms. The molecular formula is C14H13ClO2. The van der Waals surface area contributed by atoms with E-state index >= 15 is 0 Å². The molecule has 0 fully saturated rings. The number of hydrogen-bond donors (Lipinski definition) is 1. The van der Waals surface area contributed by atoms with Crippen LogP contribution in [0.4, 0.5) is 0 Å². The maximum Gasteiger partial charge on any atom is 0.161 e. The van der Waals surface area contributed by atoms with Crippen LogP contribution in [0.2, 0.25) is 0 Å². The number of phenolic OH excluding ortho intramolecular Hbond substituents is 1. The van der Waals surface area contributed by atoms with Gasteiger partial charge in [0.05, 0.1) is 0 Å². The van der Waals surface area contributed by atoms with Gasteiger partial charge in [-0.25, -0.2) is 0 Å². The minimum absolute atomic E-state index is 0.134. The molecule has 0 aliphatic heterocycles. The van der Waals surface area contributed by atoms with E-state index in [1.165, 1.54) is 0 Å². The van der Waals surface area contributed by atoms with E-state index in [2.05, 4.69) is 0 Å². The summed E-state index contributed by atoms with van der Waals surface area (Å²) in [5.41, 5.74) is 1.98. The van der Waals surface area contributed by atoms with Crippen molar-refractivity contribution in [1.29, 1.82) is 0 Å². The number of benzene rings is 2. The molecule has 88 valence electrons. The van der Waals surface area contributed by atoms with Gasteiger partial charge in [0.2, 0.25) is 0 Å². The Morgan fingerprint density at radius 1 is 1.00 bits per heavy atom. The molecule has 0 heterocycles. The Morgan fingerprint density at radius 3 is 2.47 bits per heavy atom. The van der Waals surface area contributed by atoms with Crippen molar-refractivity contribution >= 4 is 11.6 Å². The number of alkyl halides is 1. The van der Waals surface area contributed by atoms with E-state index < -0.39 is 0 Å². The molecule has 0 atom stereocenters. The highest BCUT2D eigenvalue weighted by atomic mass is 35.5. The summed E-state index contributed by atoms with van der Waals surface area (Å²) in [5, 5.41) is 9.64.